The first-order chi connectivity index (χ1) is 11.1. The van der Waals surface area contributed by atoms with Gasteiger partial charge in [0.25, 0.3) is 0 Å². The summed E-state index contributed by atoms with van der Waals surface area (Å²) in [6.07, 6.45) is 2.46. The summed E-state index contributed by atoms with van der Waals surface area (Å²) < 4.78 is 5.97. The molecule has 0 aliphatic rings. The molecule has 0 saturated carbocycles. The van der Waals surface area contributed by atoms with Crippen LogP contribution in [-0.2, 0) is 11.2 Å². The van der Waals surface area contributed by atoms with Crippen LogP contribution in [0, 0.1) is 5.92 Å². The van der Waals surface area contributed by atoms with Crippen LogP contribution in [0.5, 0.6) is 11.5 Å². The van der Waals surface area contributed by atoms with Gasteiger partial charge in [0.2, 0.25) is 0 Å². The molecule has 122 valence electrons. The van der Waals surface area contributed by atoms with E-state index in [4.69, 9.17) is 4.74 Å². The molecule has 3 nitrogen and oxygen atoms in total. The Kier molecular flexibility index (Phi) is 6.66. The Bertz CT molecular complexity index is 628. The van der Waals surface area contributed by atoms with E-state index in [0.717, 1.165) is 29.9 Å². The lowest BCUT2D eigenvalue weighted by atomic mass is 9.91. The zero-order valence-electron chi connectivity index (χ0n) is 13.1. The highest BCUT2D eigenvalue weighted by molar-refractivity contribution is 9.10. The highest BCUT2D eigenvalue weighted by Gasteiger charge is 2.25. The van der Waals surface area contributed by atoms with Gasteiger partial charge in [0.05, 0.1) is 0 Å². The average molecular weight is 377 g/mol. The molecule has 1 N–H and O–H groups in total. The number of benzene rings is 2. The molecule has 4 heteroatoms. The van der Waals surface area contributed by atoms with Gasteiger partial charge in [0.15, 0.2) is 0 Å². The fraction of sp³-hybridized carbons (Fsp3) is 0.316. The van der Waals surface area contributed by atoms with Crippen molar-refractivity contribution in [2.75, 3.05) is 0 Å². The first-order valence-corrected chi connectivity index (χ1v) is 8.71. The predicted molar refractivity (Wildman–Crippen MR) is 95.4 cm³/mol. The third kappa shape index (κ3) is 5.10. The van der Waals surface area contributed by atoms with E-state index in [-0.39, 0.29) is 5.92 Å². The van der Waals surface area contributed by atoms with Gasteiger partial charge in [-0.2, -0.15) is 0 Å². The van der Waals surface area contributed by atoms with Crippen molar-refractivity contribution in [2.45, 2.75) is 31.0 Å². The van der Waals surface area contributed by atoms with E-state index >= 15 is 0 Å². The fourth-order valence-electron chi connectivity index (χ4n) is 2.59. The number of para-hydroxylation sites is 2. The summed E-state index contributed by atoms with van der Waals surface area (Å²) >= 11 is 3.32. The molecular weight excluding hydrogens is 356 g/mol. The number of hydrogen-bond acceptors (Lipinski definition) is 2. The third-order valence-corrected chi connectivity index (χ3v) is 4.87. The molecule has 0 aromatic heterocycles. The second-order valence-corrected chi connectivity index (χ2v) is 6.50. The molecule has 2 rings (SSSR count). The fourth-order valence-corrected chi connectivity index (χ4v) is 3.05. The predicted octanol–water partition coefficient (Wildman–Crippen LogP) is 5.29. The Labute approximate surface area is 145 Å². The quantitative estimate of drug-likeness (QED) is 0.636. The number of ether oxygens (including phenoxy) is 1. The summed E-state index contributed by atoms with van der Waals surface area (Å²) in [5, 5.41) is 9.28. The summed E-state index contributed by atoms with van der Waals surface area (Å²) in [5.41, 5.74) is 1.03. The van der Waals surface area contributed by atoms with Crippen LogP contribution in [0.15, 0.2) is 54.6 Å². The first-order valence-electron chi connectivity index (χ1n) is 7.79. The highest BCUT2D eigenvalue weighted by atomic mass is 79.9. The minimum atomic E-state index is -0.815. The van der Waals surface area contributed by atoms with Crippen molar-refractivity contribution in [3.63, 3.8) is 0 Å². The van der Waals surface area contributed by atoms with Crippen LogP contribution >= 0.6 is 15.9 Å². The number of carboxylic acids is 1. The summed E-state index contributed by atoms with van der Waals surface area (Å²) in [6.45, 7) is 2.07. The molecule has 23 heavy (non-hydrogen) atoms. The molecule has 2 aromatic rings. The largest absolute Gasteiger partial charge is 0.480 e. The topological polar surface area (TPSA) is 46.5 Å². The average Bonchev–Trinajstić information content (AvgIpc) is 2.56. The number of rotatable bonds is 8. The van der Waals surface area contributed by atoms with E-state index < -0.39 is 10.8 Å². The van der Waals surface area contributed by atoms with Gasteiger partial charge in [-0.3, -0.25) is 4.79 Å². The van der Waals surface area contributed by atoms with Crippen LogP contribution in [0.4, 0.5) is 0 Å². The van der Waals surface area contributed by atoms with Crippen LogP contribution in [0.25, 0.3) is 0 Å². The van der Waals surface area contributed by atoms with Crippen LogP contribution in [0.3, 0.4) is 0 Å². The van der Waals surface area contributed by atoms with E-state index in [0.29, 0.717) is 6.42 Å². The Morgan fingerprint density at radius 2 is 1.78 bits per heavy atom. The minimum absolute atomic E-state index is 0.0259. The van der Waals surface area contributed by atoms with Crippen molar-refractivity contribution in [1.29, 1.82) is 0 Å². The molecule has 0 bridgehead atoms. The second-order valence-electron chi connectivity index (χ2n) is 5.52. The molecule has 0 radical (unpaired) electrons. The SMILES string of the molecule is CCCC(Cc1ccccc1Oc1ccccc1)C(Br)C(=O)O. The van der Waals surface area contributed by atoms with Crippen molar-refractivity contribution < 1.29 is 14.6 Å². The van der Waals surface area contributed by atoms with E-state index in [1.54, 1.807) is 0 Å². The lowest BCUT2D eigenvalue weighted by Gasteiger charge is -2.20. The van der Waals surface area contributed by atoms with Gasteiger partial charge >= 0.3 is 5.97 Å². The van der Waals surface area contributed by atoms with Gasteiger partial charge < -0.3 is 9.84 Å². The smallest absolute Gasteiger partial charge is 0.317 e. The minimum Gasteiger partial charge on any atom is -0.480 e. The number of aliphatic carboxylic acids is 1. The normalized spacial score (nSPS) is 13.3. The maximum absolute atomic E-state index is 11.3. The number of carboxylic acid groups (broad SMARTS) is 1. The van der Waals surface area contributed by atoms with Crippen molar-refractivity contribution in [3.05, 3.63) is 60.2 Å². The molecule has 2 aromatic carbocycles. The zero-order chi connectivity index (χ0) is 16.7. The van der Waals surface area contributed by atoms with Crippen LogP contribution in [0.1, 0.15) is 25.3 Å². The molecule has 2 unspecified atom stereocenters. The second kappa shape index (κ2) is 8.73. The van der Waals surface area contributed by atoms with Gasteiger partial charge in [-0.05, 0) is 42.5 Å². The molecular formula is C19H21BrO3. The van der Waals surface area contributed by atoms with E-state index in [2.05, 4.69) is 22.9 Å². The molecule has 0 saturated heterocycles. The van der Waals surface area contributed by atoms with Crippen LogP contribution in [0.2, 0.25) is 0 Å². The molecule has 0 heterocycles. The maximum atomic E-state index is 11.3. The Morgan fingerprint density at radius 3 is 2.43 bits per heavy atom. The molecule has 0 fully saturated rings. The summed E-state index contributed by atoms with van der Waals surface area (Å²) in [6, 6.07) is 17.4. The van der Waals surface area contributed by atoms with Crippen LogP contribution in [-0.4, -0.2) is 15.9 Å². The van der Waals surface area contributed by atoms with Crippen molar-refractivity contribution >= 4 is 21.9 Å². The standard InChI is InChI=1S/C19H21BrO3/c1-2-8-15(18(20)19(21)22)13-14-9-6-7-12-17(14)23-16-10-4-3-5-11-16/h3-7,9-12,15,18H,2,8,13H2,1H3,(H,21,22). The zero-order valence-corrected chi connectivity index (χ0v) is 14.7. The lowest BCUT2D eigenvalue weighted by Crippen LogP contribution is -2.25. The Balaban J connectivity index is 2.20. The number of halogens is 1. The lowest BCUT2D eigenvalue weighted by molar-refractivity contribution is -0.137. The first kappa shape index (κ1) is 17.5. The summed E-state index contributed by atoms with van der Waals surface area (Å²) in [5.74, 6) is 0.772. The molecule has 0 spiro atoms. The van der Waals surface area contributed by atoms with Gasteiger partial charge in [-0.1, -0.05) is 65.7 Å². The van der Waals surface area contributed by atoms with Crippen molar-refractivity contribution in [3.8, 4) is 11.5 Å². The van der Waals surface area contributed by atoms with Gasteiger partial charge in [-0.25, -0.2) is 0 Å². The highest BCUT2D eigenvalue weighted by Crippen LogP contribution is 2.30. The monoisotopic (exact) mass is 376 g/mol. The van der Waals surface area contributed by atoms with E-state index in [1.807, 2.05) is 54.6 Å². The van der Waals surface area contributed by atoms with Crippen molar-refractivity contribution in [2.24, 2.45) is 5.92 Å². The molecule has 0 amide bonds. The molecule has 2 atom stereocenters. The number of carbonyl (C=O) groups is 1. The number of alkyl halides is 1. The molecule has 0 aliphatic carbocycles. The van der Waals surface area contributed by atoms with Gasteiger partial charge in [0.1, 0.15) is 16.3 Å². The summed E-state index contributed by atoms with van der Waals surface area (Å²) in [7, 11) is 0. The Morgan fingerprint density at radius 1 is 1.13 bits per heavy atom. The van der Waals surface area contributed by atoms with E-state index in [1.165, 1.54) is 0 Å². The summed E-state index contributed by atoms with van der Waals surface area (Å²) in [4.78, 5) is 10.8. The van der Waals surface area contributed by atoms with Gasteiger partial charge in [-0.15, -0.1) is 0 Å². The van der Waals surface area contributed by atoms with E-state index in [9.17, 15) is 9.90 Å². The van der Waals surface area contributed by atoms with Gasteiger partial charge in [0, 0.05) is 0 Å². The van der Waals surface area contributed by atoms with Crippen molar-refractivity contribution in [1.82, 2.24) is 0 Å². The van der Waals surface area contributed by atoms with Crippen LogP contribution < -0.4 is 4.74 Å². The number of hydrogen-bond donors (Lipinski definition) is 1. The third-order valence-electron chi connectivity index (χ3n) is 3.73. The maximum Gasteiger partial charge on any atom is 0.317 e. The Hall–Kier alpha value is -1.81. The molecule has 0 aliphatic heterocycles.